The Bertz CT molecular complexity index is 477. The van der Waals surface area contributed by atoms with Crippen molar-refractivity contribution in [3.63, 3.8) is 0 Å². The molecule has 1 aliphatic rings. The third kappa shape index (κ3) is 2.40. The maximum absolute atomic E-state index is 11.1. The smallest absolute Gasteiger partial charge is 0.407 e. The average molecular weight is 250 g/mol. The van der Waals surface area contributed by atoms with Crippen molar-refractivity contribution in [2.75, 3.05) is 19.6 Å². The van der Waals surface area contributed by atoms with Crippen LogP contribution in [0.5, 0.6) is 0 Å². The molecule has 4 N–H and O–H groups in total. The van der Waals surface area contributed by atoms with E-state index < -0.39 is 12.0 Å². The molecule has 1 fully saturated rings. The number of hydrogen-bond acceptors (Lipinski definition) is 4. The van der Waals surface area contributed by atoms with Gasteiger partial charge in [-0.2, -0.15) is 0 Å². The topological polar surface area (TPSA) is 109 Å². The third-order valence-corrected chi connectivity index (χ3v) is 2.92. The fourth-order valence-electron chi connectivity index (χ4n) is 2.01. The van der Waals surface area contributed by atoms with Crippen LogP contribution in [0.2, 0.25) is 0 Å². The summed E-state index contributed by atoms with van der Waals surface area (Å²) in [6.45, 7) is 1.52. The highest BCUT2D eigenvalue weighted by atomic mass is 16.4. The summed E-state index contributed by atoms with van der Waals surface area (Å²) < 4.78 is 0. The first-order valence-corrected chi connectivity index (χ1v) is 5.54. The lowest BCUT2D eigenvalue weighted by Crippen LogP contribution is -2.48. The number of aromatic nitrogens is 1. The molecule has 1 aliphatic heterocycles. The number of hydrogen-bond donors (Lipinski definition) is 3. The summed E-state index contributed by atoms with van der Waals surface area (Å²) in [5.41, 5.74) is 6.13. The molecular formula is C11H14N4O3. The van der Waals surface area contributed by atoms with Crippen molar-refractivity contribution < 1.29 is 14.7 Å². The minimum Gasteiger partial charge on any atom is -0.465 e. The van der Waals surface area contributed by atoms with Gasteiger partial charge in [0, 0.05) is 32.0 Å². The molecule has 1 aromatic rings. The molecule has 2 heterocycles. The molecule has 0 aliphatic carbocycles. The zero-order chi connectivity index (χ0) is 13.1. The molecule has 2 amide bonds. The summed E-state index contributed by atoms with van der Waals surface area (Å²) in [6.07, 6.45) is 1.94. The van der Waals surface area contributed by atoms with E-state index in [2.05, 4.69) is 10.3 Å². The molecule has 18 heavy (non-hydrogen) atoms. The fraction of sp³-hybridized carbons (Fsp3) is 0.364. The van der Waals surface area contributed by atoms with Crippen LogP contribution in [0.15, 0.2) is 18.5 Å². The molecule has 2 rings (SSSR count). The van der Waals surface area contributed by atoms with E-state index in [1.807, 2.05) is 0 Å². The summed E-state index contributed by atoms with van der Waals surface area (Å²) in [5.74, 6) is -0.574. The summed E-state index contributed by atoms with van der Waals surface area (Å²) >= 11 is 0. The number of nitrogens with two attached hydrogens (primary N) is 1. The number of rotatable bonds is 2. The number of amides is 2. The molecule has 7 nitrogen and oxygen atoms in total. The van der Waals surface area contributed by atoms with Gasteiger partial charge < -0.3 is 16.2 Å². The molecule has 96 valence electrons. The second-order valence-corrected chi connectivity index (χ2v) is 4.07. The second kappa shape index (κ2) is 5.01. The first kappa shape index (κ1) is 12.3. The Labute approximate surface area is 104 Å². The third-order valence-electron chi connectivity index (χ3n) is 2.92. The minimum absolute atomic E-state index is 0.281. The molecule has 1 atom stereocenters. The molecule has 0 aromatic carbocycles. The largest absolute Gasteiger partial charge is 0.465 e. The predicted molar refractivity (Wildman–Crippen MR) is 63.1 cm³/mol. The van der Waals surface area contributed by atoms with E-state index in [1.165, 1.54) is 11.1 Å². The van der Waals surface area contributed by atoms with E-state index >= 15 is 0 Å². The number of carbonyl (C=O) groups excluding carboxylic acids is 1. The Morgan fingerprint density at radius 1 is 1.50 bits per heavy atom. The molecule has 0 bridgehead atoms. The van der Waals surface area contributed by atoms with Crippen molar-refractivity contribution in [1.82, 2.24) is 15.2 Å². The van der Waals surface area contributed by atoms with Crippen LogP contribution in [0, 0.1) is 0 Å². The average Bonchev–Trinajstić information content (AvgIpc) is 2.39. The highest BCUT2D eigenvalue weighted by Crippen LogP contribution is 2.22. The maximum atomic E-state index is 11.1. The molecular weight excluding hydrogens is 236 g/mol. The van der Waals surface area contributed by atoms with E-state index in [0.717, 1.165) is 0 Å². The van der Waals surface area contributed by atoms with Crippen molar-refractivity contribution >= 4 is 12.0 Å². The number of pyridine rings is 1. The zero-order valence-corrected chi connectivity index (χ0v) is 9.67. The summed E-state index contributed by atoms with van der Waals surface area (Å²) in [7, 11) is 0. The van der Waals surface area contributed by atoms with Crippen LogP contribution >= 0.6 is 0 Å². The van der Waals surface area contributed by atoms with E-state index in [4.69, 9.17) is 10.8 Å². The predicted octanol–water partition coefficient (Wildman–Crippen LogP) is -0.195. The van der Waals surface area contributed by atoms with Gasteiger partial charge in [-0.25, -0.2) is 4.79 Å². The molecule has 0 saturated carbocycles. The van der Waals surface area contributed by atoms with Crippen LogP contribution in [0.25, 0.3) is 0 Å². The van der Waals surface area contributed by atoms with Gasteiger partial charge >= 0.3 is 6.09 Å². The molecule has 0 radical (unpaired) electrons. The number of nitrogens with one attached hydrogen (secondary N) is 1. The van der Waals surface area contributed by atoms with Crippen LogP contribution in [0.4, 0.5) is 4.79 Å². The van der Waals surface area contributed by atoms with E-state index in [-0.39, 0.29) is 11.6 Å². The van der Waals surface area contributed by atoms with E-state index in [1.54, 1.807) is 12.3 Å². The normalized spacial score (nSPS) is 19.6. The zero-order valence-electron chi connectivity index (χ0n) is 9.67. The SMILES string of the molecule is NC(=O)c1cncc(C2CNCCN2C(=O)O)c1. The van der Waals surface area contributed by atoms with Gasteiger partial charge in [0.1, 0.15) is 0 Å². The van der Waals surface area contributed by atoms with Gasteiger partial charge in [0.25, 0.3) is 0 Å². The van der Waals surface area contributed by atoms with Crippen molar-refractivity contribution in [3.8, 4) is 0 Å². The Balaban J connectivity index is 2.30. The Morgan fingerprint density at radius 2 is 2.28 bits per heavy atom. The Hall–Kier alpha value is -2.15. The standard InChI is InChI=1S/C11H14N4O3/c12-10(16)8-3-7(4-14-5-8)9-6-13-1-2-15(9)11(17)18/h3-5,9,13H,1-2,6H2,(H2,12,16)(H,17,18). The van der Waals surface area contributed by atoms with Crippen LogP contribution in [0.3, 0.4) is 0 Å². The van der Waals surface area contributed by atoms with Crippen LogP contribution in [-0.2, 0) is 0 Å². The summed E-state index contributed by atoms with van der Waals surface area (Å²) in [6, 6.07) is 1.24. The van der Waals surface area contributed by atoms with Crippen LogP contribution in [-0.4, -0.2) is 46.6 Å². The Morgan fingerprint density at radius 3 is 2.94 bits per heavy atom. The van der Waals surface area contributed by atoms with Crippen molar-refractivity contribution in [1.29, 1.82) is 0 Å². The Kier molecular flexibility index (Phi) is 3.42. The number of nitrogens with zero attached hydrogens (tertiary/aromatic N) is 2. The second-order valence-electron chi connectivity index (χ2n) is 4.07. The number of piperazine rings is 1. The van der Waals surface area contributed by atoms with Gasteiger partial charge in [0.2, 0.25) is 5.91 Å². The molecule has 0 spiro atoms. The molecule has 1 saturated heterocycles. The summed E-state index contributed by atoms with van der Waals surface area (Å²) in [5, 5.41) is 12.3. The number of primary amides is 1. The van der Waals surface area contributed by atoms with Crippen molar-refractivity contribution in [2.45, 2.75) is 6.04 Å². The lowest BCUT2D eigenvalue weighted by molar-refractivity contribution is 0.0999. The van der Waals surface area contributed by atoms with Gasteiger partial charge in [-0.05, 0) is 11.6 Å². The van der Waals surface area contributed by atoms with Gasteiger partial charge in [0.15, 0.2) is 0 Å². The number of carbonyl (C=O) groups is 2. The first-order chi connectivity index (χ1) is 8.59. The maximum Gasteiger partial charge on any atom is 0.407 e. The minimum atomic E-state index is -0.981. The van der Waals surface area contributed by atoms with Gasteiger partial charge in [0.05, 0.1) is 11.6 Å². The van der Waals surface area contributed by atoms with E-state index in [9.17, 15) is 9.59 Å². The highest BCUT2D eigenvalue weighted by Gasteiger charge is 2.28. The van der Waals surface area contributed by atoms with Crippen LogP contribution < -0.4 is 11.1 Å². The molecule has 7 heteroatoms. The highest BCUT2D eigenvalue weighted by molar-refractivity contribution is 5.92. The van der Waals surface area contributed by atoms with Crippen molar-refractivity contribution in [3.05, 3.63) is 29.6 Å². The van der Waals surface area contributed by atoms with Gasteiger partial charge in [-0.1, -0.05) is 0 Å². The summed E-state index contributed by atoms with van der Waals surface area (Å²) in [4.78, 5) is 27.5. The lowest BCUT2D eigenvalue weighted by Gasteiger charge is -2.34. The molecule has 1 aromatic heterocycles. The van der Waals surface area contributed by atoms with E-state index in [0.29, 0.717) is 25.2 Å². The van der Waals surface area contributed by atoms with Crippen LogP contribution in [0.1, 0.15) is 22.0 Å². The first-order valence-electron chi connectivity index (χ1n) is 5.54. The fourth-order valence-corrected chi connectivity index (χ4v) is 2.01. The van der Waals surface area contributed by atoms with Gasteiger partial charge in [-0.15, -0.1) is 0 Å². The van der Waals surface area contributed by atoms with Gasteiger partial charge in [-0.3, -0.25) is 14.7 Å². The monoisotopic (exact) mass is 250 g/mol. The molecule has 1 unspecified atom stereocenters. The lowest BCUT2D eigenvalue weighted by atomic mass is 10.0. The quantitative estimate of drug-likeness (QED) is 0.673. The van der Waals surface area contributed by atoms with Crippen molar-refractivity contribution in [2.24, 2.45) is 5.73 Å². The number of carboxylic acid groups (broad SMARTS) is 1.